The molecule has 1 atom stereocenters. The predicted octanol–water partition coefficient (Wildman–Crippen LogP) is 5.36. The molecule has 5 nitrogen and oxygen atoms in total. The Bertz CT molecular complexity index is 1240. The molecule has 4 aromatic carbocycles. The molecule has 4 aromatic rings. The van der Waals surface area contributed by atoms with Crippen LogP contribution in [-0.2, 0) is 13.2 Å². The van der Waals surface area contributed by atoms with Crippen molar-refractivity contribution in [3.63, 3.8) is 0 Å². The molecule has 0 fully saturated rings. The first kappa shape index (κ1) is 27.4. The van der Waals surface area contributed by atoms with Crippen molar-refractivity contribution < 1.29 is 23.7 Å². The second-order valence-electron chi connectivity index (χ2n) is 7.70. The first-order valence-electron chi connectivity index (χ1n) is 11.2. The van der Waals surface area contributed by atoms with Crippen LogP contribution in [0.5, 0.6) is 23.0 Å². The Labute approximate surface area is 225 Å². The minimum atomic E-state index is -0.187. The first-order chi connectivity index (χ1) is 17.2. The zero-order chi connectivity index (χ0) is 24.5. The fourth-order valence-corrected chi connectivity index (χ4v) is 4.60. The third-order valence-electron chi connectivity index (χ3n) is 5.34. The number of benzene rings is 4. The van der Waals surface area contributed by atoms with Gasteiger partial charge >= 0.3 is 18.9 Å². The number of methoxy groups -OCH3 is 2. The molecule has 0 spiro atoms. The quantitative estimate of drug-likeness (QED) is 0.208. The first-order valence-corrected chi connectivity index (χ1v) is 12.2. The van der Waals surface area contributed by atoms with E-state index in [1.54, 1.807) is 32.4 Å². The zero-order valence-electron chi connectivity index (χ0n) is 19.7. The molecule has 0 aliphatic heterocycles. The normalized spacial score (nSPS) is 10.5. The van der Waals surface area contributed by atoms with Crippen LogP contribution in [-0.4, -0.2) is 38.6 Å². The van der Waals surface area contributed by atoms with E-state index in [1.165, 1.54) is 0 Å². The van der Waals surface area contributed by atoms with Crippen LogP contribution in [0.15, 0.2) is 97.1 Å². The van der Waals surface area contributed by atoms with Gasteiger partial charge in [-0.05, 0) is 44.0 Å². The van der Waals surface area contributed by atoms with Gasteiger partial charge in [0.25, 0.3) is 0 Å². The molecule has 0 aliphatic carbocycles. The van der Waals surface area contributed by atoms with Crippen LogP contribution in [0, 0.1) is 0 Å². The summed E-state index contributed by atoms with van der Waals surface area (Å²) in [5, 5.41) is 0.783. The zero-order valence-corrected chi connectivity index (χ0v) is 20.7. The minimum absolute atomic E-state index is 0. The van der Waals surface area contributed by atoms with Gasteiger partial charge in [0.05, 0.1) is 14.2 Å². The molecule has 4 rings (SSSR count). The van der Waals surface area contributed by atoms with E-state index in [2.05, 4.69) is 0 Å². The second kappa shape index (κ2) is 13.8. The van der Waals surface area contributed by atoms with Crippen molar-refractivity contribution in [3.05, 3.63) is 114 Å². The van der Waals surface area contributed by atoms with Crippen molar-refractivity contribution >= 4 is 38.3 Å². The molecule has 0 saturated heterocycles. The number of carbonyl (C=O) groups is 1. The van der Waals surface area contributed by atoms with Gasteiger partial charge in [-0.2, -0.15) is 0 Å². The van der Waals surface area contributed by atoms with E-state index in [9.17, 15) is 4.79 Å². The number of rotatable bonds is 11. The van der Waals surface area contributed by atoms with Gasteiger partial charge in [-0.3, -0.25) is 4.79 Å². The van der Waals surface area contributed by atoms with Crippen molar-refractivity contribution in [2.24, 2.45) is 0 Å². The van der Waals surface area contributed by atoms with Crippen molar-refractivity contribution in [2.45, 2.75) is 13.2 Å². The standard InChI is InChI=1S/C29H27O5P.Li.H/c1-31-24-14-9-15-25(32-2)28(24)29(30)35-27-17-16-23(33-19-21-10-5-3-6-11-21)18-26(27)34-20-22-12-7-4-8-13-22;;/h3-18,35H,19-20H2,1-2H3;;. The summed E-state index contributed by atoms with van der Waals surface area (Å²) in [6.45, 7) is 0.824. The fourth-order valence-electron chi connectivity index (χ4n) is 3.55. The van der Waals surface area contributed by atoms with Crippen LogP contribution in [0.4, 0.5) is 0 Å². The van der Waals surface area contributed by atoms with E-state index < -0.39 is 0 Å². The van der Waals surface area contributed by atoms with Crippen molar-refractivity contribution in [3.8, 4) is 23.0 Å². The molecule has 7 heteroatoms. The maximum absolute atomic E-state index is 13.4. The summed E-state index contributed by atoms with van der Waals surface area (Å²) in [7, 11) is 2.90. The van der Waals surface area contributed by atoms with Crippen LogP contribution in [0.1, 0.15) is 21.5 Å². The van der Waals surface area contributed by atoms with Crippen molar-refractivity contribution in [1.82, 2.24) is 0 Å². The van der Waals surface area contributed by atoms with Crippen LogP contribution < -0.4 is 24.3 Å². The Kier molecular flexibility index (Phi) is 10.5. The number of hydrogen-bond acceptors (Lipinski definition) is 5. The summed E-state index contributed by atoms with van der Waals surface area (Å²) >= 11 is 0. The monoisotopic (exact) mass is 494 g/mol. The molecule has 0 saturated carbocycles. The third kappa shape index (κ3) is 7.15. The number of carbonyl (C=O) groups excluding carboxylic acids is 1. The molecule has 0 heterocycles. The van der Waals surface area contributed by atoms with Crippen LogP contribution >= 0.6 is 8.58 Å². The fraction of sp³-hybridized carbons (Fsp3) is 0.138. The van der Waals surface area contributed by atoms with Crippen LogP contribution in [0.3, 0.4) is 0 Å². The maximum atomic E-state index is 13.4. The average molecular weight is 494 g/mol. The van der Waals surface area contributed by atoms with Crippen molar-refractivity contribution in [1.29, 1.82) is 0 Å². The van der Waals surface area contributed by atoms with E-state index in [4.69, 9.17) is 18.9 Å². The van der Waals surface area contributed by atoms with Gasteiger partial charge in [0.2, 0.25) is 0 Å². The van der Waals surface area contributed by atoms with Gasteiger partial charge in [-0.15, -0.1) is 0 Å². The van der Waals surface area contributed by atoms with E-state index in [0.29, 0.717) is 41.8 Å². The number of hydrogen-bond donors (Lipinski definition) is 0. The van der Waals surface area contributed by atoms with E-state index in [1.807, 2.05) is 78.9 Å². The van der Waals surface area contributed by atoms with Gasteiger partial charge < -0.3 is 18.9 Å². The molecule has 0 N–H and O–H groups in total. The van der Waals surface area contributed by atoms with E-state index in [-0.39, 0.29) is 33.0 Å². The molecule has 0 bridgehead atoms. The molecule has 0 radical (unpaired) electrons. The van der Waals surface area contributed by atoms with Gasteiger partial charge in [0, 0.05) is 11.4 Å². The molecule has 0 amide bonds. The summed E-state index contributed by atoms with van der Waals surface area (Å²) in [6, 6.07) is 30.8. The Morgan fingerprint density at radius 1 is 0.667 bits per heavy atom. The summed E-state index contributed by atoms with van der Waals surface area (Å²) in [4.78, 5) is 13.4. The molecule has 36 heavy (non-hydrogen) atoms. The summed E-state index contributed by atoms with van der Waals surface area (Å²) in [6.07, 6.45) is 0. The van der Waals surface area contributed by atoms with E-state index >= 15 is 0 Å². The summed E-state index contributed by atoms with van der Waals surface area (Å²) in [5.41, 5.74) is 2.44. The molecule has 180 valence electrons. The number of ether oxygens (including phenoxy) is 4. The third-order valence-corrected chi connectivity index (χ3v) is 6.50. The summed E-state index contributed by atoms with van der Waals surface area (Å²) < 4.78 is 23.0. The Balaban J connectivity index is 0.00000361. The van der Waals surface area contributed by atoms with Gasteiger partial charge in [-0.25, -0.2) is 0 Å². The molecular weight excluding hydrogens is 466 g/mol. The Morgan fingerprint density at radius 2 is 1.22 bits per heavy atom. The molecule has 1 unspecified atom stereocenters. The van der Waals surface area contributed by atoms with Crippen molar-refractivity contribution in [2.75, 3.05) is 14.2 Å². The Hall–Kier alpha value is -3.22. The van der Waals surface area contributed by atoms with Gasteiger partial charge in [0.15, 0.2) is 5.52 Å². The predicted molar refractivity (Wildman–Crippen MR) is 147 cm³/mol. The molecular formula is C29H28LiO5P. The van der Waals surface area contributed by atoms with Gasteiger partial charge in [-0.1, -0.05) is 66.7 Å². The average Bonchev–Trinajstić information content (AvgIpc) is 2.92. The van der Waals surface area contributed by atoms with Crippen LogP contribution in [0.2, 0.25) is 0 Å². The Morgan fingerprint density at radius 3 is 1.78 bits per heavy atom. The van der Waals surface area contributed by atoms with E-state index in [0.717, 1.165) is 16.4 Å². The van der Waals surface area contributed by atoms with Crippen LogP contribution in [0.25, 0.3) is 0 Å². The molecule has 0 aliphatic rings. The SMILES string of the molecule is COc1cccc(OC)c1C(=O)Pc1ccc(OCc2ccccc2)cc1OCc1ccccc1.[LiH]. The topological polar surface area (TPSA) is 54.0 Å². The second-order valence-corrected chi connectivity index (χ2v) is 8.94. The van der Waals surface area contributed by atoms with Gasteiger partial charge in [0.1, 0.15) is 41.8 Å². The summed E-state index contributed by atoms with van der Waals surface area (Å²) in [5.74, 6) is 2.25. The molecule has 0 aromatic heterocycles.